The van der Waals surface area contributed by atoms with E-state index in [2.05, 4.69) is 225 Å². The lowest BCUT2D eigenvalue weighted by molar-refractivity contribution is 0.794. The van der Waals surface area contributed by atoms with Crippen LogP contribution in [0.1, 0.15) is 22.3 Å². The molecule has 0 aliphatic heterocycles. The number of hydrogen-bond acceptors (Lipinski definition) is 1. The zero-order valence-electron chi connectivity index (χ0n) is 33.3. The second-order valence-corrected chi connectivity index (χ2v) is 16.6. The number of nitrogens with zero attached hydrogens (tertiary/aromatic N) is 1. The van der Waals surface area contributed by atoms with E-state index in [0.29, 0.717) is 0 Å². The predicted molar refractivity (Wildman–Crippen MR) is 255 cm³/mol. The minimum absolute atomic E-state index is 0.376. The summed E-state index contributed by atoms with van der Waals surface area (Å²) in [5.41, 5.74) is 19.6. The molecule has 13 rings (SSSR count). The maximum Gasteiger partial charge on any atom is 0.0725 e. The fourth-order valence-electron chi connectivity index (χ4n) is 10.9. The molecule has 61 heavy (non-hydrogen) atoms. The molecule has 2 aliphatic carbocycles. The minimum atomic E-state index is -0.376. The molecular weight excluding hydrogens is 735 g/mol. The van der Waals surface area contributed by atoms with Crippen LogP contribution in [0.3, 0.4) is 0 Å². The molecule has 0 amide bonds. The van der Waals surface area contributed by atoms with Crippen molar-refractivity contribution in [2.75, 3.05) is 0 Å². The molecule has 2 aliphatic rings. The Morgan fingerprint density at radius 1 is 0.279 bits per heavy atom. The highest BCUT2D eigenvalue weighted by atomic mass is 14.7. The normalized spacial score (nSPS) is 13.0. The van der Waals surface area contributed by atoms with Crippen molar-refractivity contribution in [3.05, 3.63) is 247 Å². The number of benzene rings is 10. The number of fused-ring (bicyclic) bond motifs is 13. The van der Waals surface area contributed by atoms with E-state index < -0.39 is 0 Å². The summed E-state index contributed by atoms with van der Waals surface area (Å²) in [7, 11) is 0. The average molecular weight is 772 g/mol. The van der Waals surface area contributed by atoms with E-state index in [0.717, 1.165) is 16.8 Å². The van der Waals surface area contributed by atoms with Crippen molar-refractivity contribution in [1.29, 1.82) is 0 Å². The average Bonchev–Trinajstić information content (AvgIpc) is 3.80. The van der Waals surface area contributed by atoms with E-state index in [-0.39, 0.29) is 5.41 Å². The molecule has 10 aromatic carbocycles. The second kappa shape index (κ2) is 13.1. The van der Waals surface area contributed by atoms with Crippen molar-refractivity contribution < 1.29 is 0 Å². The van der Waals surface area contributed by atoms with Crippen LogP contribution in [-0.4, -0.2) is 4.98 Å². The number of hydrogen-bond donors (Lipinski definition) is 0. The standard InChI is InChI=1S/C60H37N/c1-2-14-41-35-42(30-27-38(41)13-1)39-25-28-40(29-26-39)58-49-18-3-5-20-51(49)59(52-21-6-4-19-50(52)58)57-34-32-44(37-61-57)43-31-33-48-47-17-9-12-24-55(47)60(56(48)36-43)53-22-10-7-15-45(53)46-16-8-11-23-54(46)60/h1-37H. The number of pyridine rings is 1. The third-order valence-corrected chi connectivity index (χ3v) is 13.5. The largest absolute Gasteiger partial charge is 0.256 e. The lowest BCUT2D eigenvalue weighted by Crippen LogP contribution is -2.25. The van der Waals surface area contributed by atoms with Gasteiger partial charge in [-0.05, 0) is 123 Å². The van der Waals surface area contributed by atoms with Gasteiger partial charge < -0.3 is 0 Å². The molecule has 1 spiro atoms. The molecule has 0 saturated carbocycles. The summed E-state index contributed by atoms with van der Waals surface area (Å²) >= 11 is 0. The highest BCUT2D eigenvalue weighted by molar-refractivity contribution is 6.21. The second-order valence-electron chi connectivity index (χ2n) is 16.6. The third kappa shape index (κ3) is 4.86. The van der Waals surface area contributed by atoms with Crippen LogP contribution in [-0.2, 0) is 5.41 Å². The first-order chi connectivity index (χ1) is 30.3. The fourth-order valence-corrected chi connectivity index (χ4v) is 10.9. The Bertz CT molecular complexity index is 3450. The summed E-state index contributed by atoms with van der Waals surface area (Å²) in [6.45, 7) is 0. The summed E-state index contributed by atoms with van der Waals surface area (Å²) < 4.78 is 0. The topological polar surface area (TPSA) is 12.9 Å². The molecule has 0 radical (unpaired) electrons. The van der Waals surface area contributed by atoms with Gasteiger partial charge in [0.15, 0.2) is 0 Å². The van der Waals surface area contributed by atoms with Crippen molar-refractivity contribution in [2.45, 2.75) is 5.41 Å². The van der Waals surface area contributed by atoms with Crippen LogP contribution in [0.4, 0.5) is 0 Å². The van der Waals surface area contributed by atoms with E-state index >= 15 is 0 Å². The molecule has 0 bridgehead atoms. The maximum absolute atomic E-state index is 5.29. The van der Waals surface area contributed by atoms with Gasteiger partial charge in [-0.15, -0.1) is 0 Å². The highest BCUT2D eigenvalue weighted by Gasteiger charge is 2.51. The number of aromatic nitrogens is 1. The van der Waals surface area contributed by atoms with Gasteiger partial charge in [-0.3, -0.25) is 4.98 Å². The summed E-state index contributed by atoms with van der Waals surface area (Å²) in [4.78, 5) is 5.29. The molecule has 0 fully saturated rings. The molecule has 1 aromatic heterocycles. The fraction of sp³-hybridized carbons (Fsp3) is 0.0167. The van der Waals surface area contributed by atoms with Crippen LogP contribution in [0, 0.1) is 0 Å². The first kappa shape index (κ1) is 34.0. The Kier molecular flexibility index (Phi) is 7.29. The van der Waals surface area contributed by atoms with Gasteiger partial charge in [-0.1, -0.05) is 200 Å². The lowest BCUT2D eigenvalue weighted by atomic mass is 9.70. The van der Waals surface area contributed by atoms with Crippen molar-refractivity contribution in [2.24, 2.45) is 0 Å². The summed E-state index contributed by atoms with van der Waals surface area (Å²) in [5.74, 6) is 0. The van der Waals surface area contributed by atoms with Gasteiger partial charge >= 0.3 is 0 Å². The van der Waals surface area contributed by atoms with Gasteiger partial charge in [-0.2, -0.15) is 0 Å². The van der Waals surface area contributed by atoms with Crippen molar-refractivity contribution in [3.63, 3.8) is 0 Å². The zero-order chi connectivity index (χ0) is 40.1. The highest BCUT2D eigenvalue weighted by Crippen LogP contribution is 2.63. The molecule has 11 aromatic rings. The zero-order valence-corrected chi connectivity index (χ0v) is 33.3. The first-order valence-electron chi connectivity index (χ1n) is 21.2. The molecular formula is C60H37N. The van der Waals surface area contributed by atoms with Crippen molar-refractivity contribution >= 4 is 32.3 Å². The van der Waals surface area contributed by atoms with E-state index in [1.54, 1.807) is 0 Å². The molecule has 0 N–H and O–H groups in total. The molecule has 0 atom stereocenters. The van der Waals surface area contributed by atoms with Gasteiger partial charge in [0.05, 0.1) is 11.1 Å². The predicted octanol–water partition coefficient (Wildman–Crippen LogP) is 15.6. The van der Waals surface area contributed by atoms with Gasteiger partial charge in [0.2, 0.25) is 0 Å². The van der Waals surface area contributed by atoms with Crippen LogP contribution in [0.2, 0.25) is 0 Å². The SMILES string of the molecule is c1ccc2c(c1)-c1ccccc1C21c2ccccc2-c2ccc(-c3ccc(-c4c5ccccc5c(-c5ccc(-c6ccc7ccccc7c6)cc5)c5ccccc45)nc3)cc21. The van der Waals surface area contributed by atoms with Crippen LogP contribution in [0.15, 0.2) is 225 Å². The van der Waals surface area contributed by atoms with Crippen LogP contribution >= 0.6 is 0 Å². The van der Waals surface area contributed by atoms with Gasteiger partial charge in [-0.25, -0.2) is 0 Å². The monoisotopic (exact) mass is 771 g/mol. The Hall–Kier alpha value is -7.87. The summed E-state index contributed by atoms with van der Waals surface area (Å²) in [6.07, 6.45) is 2.07. The van der Waals surface area contributed by atoms with E-state index in [9.17, 15) is 0 Å². The van der Waals surface area contributed by atoms with E-state index in [1.807, 2.05) is 0 Å². The van der Waals surface area contributed by atoms with E-state index in [4.69, 9.17) is 4.98 Å². The lowest BCUT2D eigenvalue weighted by Gasteiger charge is -2.30. The third-order valence-electron chi connectivity index (χ3n) is 13.5. The van der Waals surface area contributed by atoms with E-state index in [1.165, 1.54) is 105 Å². The quantitative estimate of drug-likeness (QED) is 0.162. The Morgan fingerprint density at radius 3 is 1.31 bits per heavy atom. The summed E-state index contributed by atoms with van der Waals surface area (Å²) in [6, 6.07) is 80.6. The summed E-state index contributed by atoms with van der Waals surface area (Å²) in [5, 5.41) is 7.36. The number of rotatable bonds is 4. The molecule has 1 heterocycles. The maximum atomic E-state index is 5.29. The molecule has 0 unspecified atom stereocenters. The molecule has 1 heteroatoms. The van der Waals surface area contributed by atoms with Crippen LogP contribution in [0.25, 0.3) is 99.2 Å². The van der Waals surface area contributed by atoms with Gasteiger partial charge in [0.25, 0.3) is 0 Å². The smallest absolute Gasteiger partial charge is 0.0725 e. The minimum Gasteiger partial charge on any atom is -0.256 e. The molecule has 282 valence electrons. The van der Waals surface area contributed by atoms with Crippen LogP contribution < -0.4 is 0 Å². The Morgan fingerprint density at radius 2 is 0.721 bits per heavy atom. The van der Waals surface area contributed by atoms with Gasteiger partial charge in [0, 0.05) is 17.3 Å². The first-order valence-corrected chi connectivity index (χ1v) is 21.2. The van der Waals surface area contributed by atoms with Gasteiger partial charge in [0.1, 0.15) is 0 Å². The molecule has 1 nitrogen and oxygen atoms in total. The Labute approximate surface area is 354 Å². The van der Waals surface area contributed by atoms with Crippen molar-refractivity contribution in [3.8, 4) is 66.9 Å². The molecule has 0 saturated heterocycles. The van der Waals surface area contributed by atoms with Crippen molar-refractivity contribution in [1.82, 2.24) is 4.98 Å². The van der Waals surface area contributed by atoms with Crippen LogP contribution in [0.5, 0.6) is 0 Å². The Balaban J connectivity index is 0.925.